The molecule has 0 radical (unpaired) electrons. The number of carbonyl (C=O) groups excluding carboxylic acids is 1. The third-order valence-corrected chi connectivity index (χ3v) is 1.90. The number of hydrogen-bond acceptors (Lipinski definition) is 3. The summed E-state index contributed by atoms with van der Waals surface area (Å²) in [5.74, 6) is 0.500. The van der Waals surface area contributed by atoms with E-state index in [1.165, 1.54) is 0 Å². The Balaban J connectivity index is 2.70. The van der Waals surface area contributed by atoms with Gasteiger partial charge in [0.15, 0.2) is 0 Å². The van der Waals surface area contributed by atoms with E-state index in [4.69, 9.17) is 9.47 Å². The lowest BCUT2D eigenvalue weighted by atomic mass is 10.2. The van der Waals surface area contributed by atoms with Crippen LogP contribution in [0.5, 0.6) is 0 Å². The first-order valence-electron chi connectivity index (χ1n) is 5.55. The summed E-state index contributed by atoms with van der Waals surface area (Å²) in [6, 6.07) is 9.43. The van der Waals surface area contributed by atoms with E-state index in [2.05, 4.69) is 0 Å². The van der Waals surface area contributed by atoms with Crippen LogP contribution in [0, 0.1) is 0 Å². The quantitative estimate of drug-likeness (QED) is 0.573. The van der Waals surface area contributed by atoms with Crippen molar-refractivity contribution in [3.05, 3.63) is 42.0 Å². The van der Waals surface area contributed by atoms with Crippen molar-refractivity contribution in [2.75, 3.05) is 0 Å². The summed E-state index contributed by atoms with van der Waals surface area (Å²) in [5.41, 5.74) is 0.299. The summed E-state index contributed by atoms with van der Waals surface area (Å²) >= 11 is 0. The minimum absolute atomic E-state index is 0.500. The Morgan fingerprint density at radius 1 is 1.18 bits per heavy atom. The van der Waals surface area contributed by atoms with E-state index in [1.807, 2.05) is 37.3 Å². The van der Waals surface area contributed by atoms with E-state index in [-0.39, 0.29) is 0 Å². The van der Waals surface area contributed by atoms with Gasteiger partial charge in [-0.2, -0.15) is 0 Å². The molecule has 17 heavy (non-hydrogen) atoms. The smallest absolute Gasteiger partial charge is 0.428 e. The minimum atomic E-state index is -0.686. The Morgan fingerprint density at radius 3 is 2.24 bits per heavy atom. The molecule has 0 N–H and O–H groups in total. The summed E-state index contributed by atoms with van der Waals surface area (Å²) < 4.78 is 10.3. The molecular weight excluding hydrogens is 216 g/mol. The lowest BCUT2D eigenvalue weighted by Gasteiger charge is -2.19. The Kier molecular flexibility index (Phi) is 4.32. The SMILES string of the molecule is C/C=C(/OC(=O)OC(C)(C)C)c1ccccc1. The van der Waals surface area contributed by atoms with Gasteiger partial charge in [0.25, 0.3) is 0 Å². The van der Waals surface area contributed by atoms with Crippen molar-refractivity contribution < 1.29 is 14.3 Å². The number of ether oxygens (including phenoxy) is 2. The molecule has 0 aliphatic heterocycles. The van der Waals surface area contributed by atoms with Gasteiger partial charge in [0.1, 0.15) is 11.4 Å². The Labute approximate surface area is 102 Å². The number of carbonyl (C=O) groups is 1. The fraction of sp³-hybridized carbons (Fsp3) is 0.357. The van der Waals surface area contributed by atoms with E-state index >= 15 is 0 Å². The second-order valence-corrected chi connectivity index (χ2v) is 4.59. The first kappa shape index (κ1) is 13.3. The highest BCUT2D eigenvalue weighted by molar-refractivity contribution is 5.72. The fourth-order valence-corrected chi connectivity index (χ4v) is 1.25. The van der Waals surface area contributed by atoms with Gasteiger partial charge in [-0.15, -0.1) is 0 Å². The lowest BCUT2D eigenvalue weighted by Crippen LogP contribution is -2.24. The number of rotatable bonds is 2. The van der Waals surface area contributed by atoms with Gasteiger partial charge in [0, 0.05) is 5.56 Å². The van der Waals surface area contributed by atoms with Gasteiger partial charge in [-0.1, -0.05) is 30.3 Å². The molecule has 0 amide bonds. The van der Waals surface area contributed by atoms with Gasteiger partial charge in [-0.3, -0.25) is 0 Å². The molecule has 0 saturated carbocycles. The number of allylic oxidation sites excluding steroid dienone is 1. The van der Waals surface area contributed by atoms with Crippen LogP contribution in [0.1, 0.15) is 33.3 Å². The molecule has 0 heterocycles. The van der Waals surface area contributed by atoms with Gasteiger partial charge in [-0.25, -0.2) is 4.79 Å². The molecule has 3 heteroatoms. The fourth-order valence-electron chi connectivity index (χ4n) is 1.25. The van der Waals surface area contributed by atoms with Crippen molar-refractivity contribution in [2.24, 2.45) is 0 Å². The first-order valence-corrected chi connectivity index (χ1v) is 5.55. The van der Waals surface area contributed by atoms with E-state index in [1.54, 1.807) is 26.8 Å². The van der Waals surface area contributed by atoms with Crippen LogP contribution >= 0.6 is 0 Å². The maximum absolute atomic E-state index is 11.5. The molecule has 1 rings (SSSR count). The highest BCUT2D eigenvalue weighted by Gasteiger charge is 2.19. The van der Waals surface area contributed by atoms with Crippen LogP contribution in [0.25, 0.3) is 5.76 Å². The third kappa shape index (κ3) is 4.72. The molecule has 0 unspecified atom stereocenters. The predicted octanol–water partition coefficient (Wildman–Crippen LogP) is 4.00. The third-order valence-electron chi connectivity index (χ3n) is 1.90. The second-order valence-electron chi connectivity index (χ2n) is 4.59. The van der Waals surface area contributed by atoms with Crippen molar-refractivity contribution >= 4 is 11.9 Å². The van der Waals surface area contributed by atoms with Gasteiger partial charge in [0.05, 0.1) is 0 Å². The summed E-state index contributed by atoms with van der Waals surface area (Å²) in [6.07, 6.45) is 1.05. The van der Waals surface area contributed by atoms with Crippen LogP contribution < -0.4 is 0 Å². The molecule has 0 atom stereocenters. The van der Waals surface area contributed by atoms with Crippen LogP contribution in [-0.4, -0.2) is 11.8 Å². The molecule has 0 saturated heterocycles. The lowest BCUT2D eigenvalue weighted by molar-refractivity contribution is 0.0147. The maximum Gasteiger partial charge on any atom is 0.514 e. The van der Waals surface area contributed by atoms with Crippen LogP contribution in [0.2, 0.25) is 0 Å². The molecular formula is C14H18O3. The minimum Gasteiger partial charge on any atom is -0.428 e. The highest BCUT2D eigenvalue weighted by atomic mass is 16.7. The monoisotopic (exact) mass is 234 g/mol. The predicted molar refractivity (Wildman–Crippen MR) is 67.4 cm³/mol. The summed E-state index contributed by atoms with van der Waals surface area (Å²) in [6.45, 7) is 7.21. The summed E-state index contributed by atoms with van der Waals surface area (Å²) in [5, 5.41) is 0. The standard InChI is InChI=1S/C14H18O3/c1-5-12(11-9-7-6-8-10-11)16-13(15)17-14(2,3)4/h5-10H,1-4H3/b12-5+. The molecule has 3 nitrogen and oxygen atoms in total. The van der Waals surface area contributed by atoms with E-state index in [0.717, 1.165) is 5.56 Å². The topological polar surface area (TPSA) is 35.5 Å². The normalized spacial score (nSPS) is 12.1. The van der Waals surface area contributed by atoms with Crippen molar-refractivity contribution in [2.45, 2.75) is 33.3 Å². The van der Waals surface area contributed by atoms with Crippen molar-refractivity contribution in [3.63, 3.8) is 0 Å². The Morgan fingerprint density at radius 2 is 1.76 bits per heavy atom. The Hall–Kier alpha value is -1.77. The van der Waals surface area contributed by atoms with Crippen LogP contribution in [0.15, 0.2) is 36.4 Å². The number of hydrogen-bond donors (Lipinski definition) is 0. The van der Waals surface area contributed by atoms with Crippen molar-refractivity contribution in [3.8, 4) is 0 Å². The average molecular weight is 234 g/mol. The zero-order valence-electron chi connectivity index (χ0n) is 10.7. The first-order chi connectivity index (χ1) is 7.92. The molecule has 0 spiro atoms. The van der Waals surface area contributed by atoms with E-state index < -0.39 is 11.8 Å². The van der Waals surface area contributed by atoms with Crippen LogP contribution in [-0.2, 0) is 9.47 Å². The molecule has 92 valence electrons. The molecule has 0 aromatic heterocycles. The van der Waals surface area contributed by atoms with Gasteiger partial charge >= 0.3 is 6.16 Å². The molecule has 0 bridgehead atoms. The second kappa shape index (κ2) is 5.53. The molecule has 1 aromatic carbocycles. The molecule has 0 aliphatic rings. The summed E-state index contributed by atoms with van der Waals surface area (Å²) in [4.78, 5) is 11.5. The Bertz CT molecular complexity index is 399. The van der Waals surface area contributed by atoms with Gasteiger partial charge < -0.3 is 9.47 Å². The largest absolute Gasteiger partial charge is 0.514 e. The summed E-state index contributed by atoms with van der Waals surface area (Å²) in [7, 11) is 0. The van der Waals surface area contributed by atoms with E-state index in [0.29, 0.717) is 5.76 Å². The zero-order valence-corrected chi connectivity index (χ0v) is 10.7. The van der Waals surface area contributed by atoms with Crippen molar-refractivity contribution in [1.29, 1.82) is 0 Å². The van der Waals surface area contributed by atoms with Crippen molar-refractivity contribution in [1.82, 2.24) is 0 Å². The maximum atomic E-state index is 11.5. The molecule has 1 aromatic rings. The molecule has 0 fully saturated rings. The average Bonchev–Trinajstić information content (AvgIpc) is 2.24. The van der Waals surface area contributed by atoms with Gasteiger partial charge in [-0.05, 0) is 33.8 Å². The van der Waals surface area contributed by atoms with E-state index in [9.17, 15) is 4.79 Å². The highest BCUT2D eigenvalue weighted by Crippen LogP contribution is 2.18. The molecule has 0 aliphatic carbocycles. The zero-order chi connectivity index (χ0) is 12.9. The van der Waals surface area contributed by atoms with Crippen LogP contribution in [0.4, 0.5) is 4.79 Å². The number of benzene rings is 1. The van der Waals surface area contributed by atoms with Crippen LogP contribution in [0.3, 0.4) is 0 Å². The van der Waals surface area contributed by atoms with Gasteiger partial charge in [0.2, 0.25) is 0 Å².